The third-order valence-corrected chi connectivity index (χ3v) is 4.03. The Morgan fingerprint density at radius 3 is 2.81 bits per heavy atom. The Morgan fingerprint density at radius 2 is 2.19 bits per heavy atom. The molecule has 116 valence electrons. The number of likely N-dealkylation sites (tertiary alicyclic amines) is 1. The van der Waals surface area contributed by atoms with Crippen molar-refractivity contribution < 1.29 is 14.3 Å². The maximum Gasteiger partial charge on any atom is 0.306 e. The summed E-state index contributed by atoms with van der Waals surface area (Å²) in [4.78, 5) is 29.2. The minimum Gasteiger partial charge on any atom is -0.469 e. The lowest BCUT2D eigenvalue weighted by Crippen LogP contribution is -2.34. The number of H-pyrrole nitrogens is 1. The highest BCUT2D eigenvalue weighted by atomic mass is 16.5. The van der Waals surface area contributed by atoms with Crippen LogP contribution in [0.15, 0.2) is 18.3 Å². The Hall–Kier alpha value is -1.78. The minimum absolute atomic E-state index is 0.112. The average Bonchev–Trinajstić information content (AvgIpc) is 3.07. The van der Waals surface area contributed by atoms with Crippen molar-refractivity contribution in [3.63, 3.8) is 0 Å². The van der Waals surface area contributed by atoms with Crippen LogP contribution in [0.2, 0.25) is 0 Å². The maximum absolute atomic E-state index is 12.6. The first-order valence-corrected chi connectivity index (χ1v) is 7.42. The Labute approximate surface area is 125 Å². The summed E-state index contributed by atoms with van der Waals surface area (Å²) in [6, 6.07) is 4.12. The van der Waals surface area contributed by atoms with Gasteiger partial charge in [-0.3, -0.25) is 9.59 Å². The molecule has 21 heavy (non-hydrogen) atoms. The van der Waals surface area contributed by atoms with E-state index in [4.69, 9.17) is 4.74 Å². The molecule has 0 saturated carbocycles. The summed E-state index contributed by atoms with van der Waals surface area (Å²) in [5.41, 5.74) is 0.708. The van der Waals surface area contributed by atoms with Gasteiger partial charge in [-0.15, -0.1) is 0 Å². The van der Waals surface area contributed by atoms with Crippen molar-refractivity contribution in [3.8, 4) is 0 Å². The molecule has 5 nitrogen and oxygen atoms in total. The van der Waals surface area contributed by atoms with E-state index in [-0.39, 0.29) is 29.8 Å². The van der Waals surface area contributed by atoms with E-state index >= 15 is 0 Å². The van der Waals surface area contributed by atoms with Crippen molar-refractivity contribution in [2.24, 2.45) is 5.41 Å². The zero-order chi connectivity index (χ0) is 15.5. The van der Waals surface area contributed by atoms with Gasteiger partial charge in [-0.05, 0) is 30.4 Å². The van der Waals surface area contributed by atoms with Crippen molar-refractivity contribution in [2.45, 2.75) is 45.6 Å². The van der Waals surface area contributed by atoms with Crippen LogP contribution in [0.3, 0.4) is 0 Å². The van der Waals surface area contributed by atoms with Crippen molar-refractivity contribution in [2.75, 3.05) is 13.7 Å². The van der Waals surface area contributed by atoms with Crippen LogP contribution in [0.1, 0.15) is 51.3 Å². The summed E-state index contributed by atoms with van der Waals surface area (Å²) < 4.78 is 4.70. The molecule has 2 rings (SSSR count). The van der Waals surface area contributed by atoms with Crippen LogP contribution >= 0.6 is 0 Å². The van der Waals surface area contributed by atoms with Crippen molar-refractivity contribution >= 4 is 11.9 Å². The predicted molar refractivity (Wildman–Crippen MR) is 79.5 cm³/mol. The van der Waals surface area contributed by atoms with Gasteiger partial charge in [0.15, 0.2) is 0 Å². The van der Waals surface area contributed by atoms with Gasteiger partial charge in [0.25, 0.3) is 0 Å². The molecule has 0 radical (unpaired) electrons. The third-order valence-electron chi connectivity index (χ3n) is 4.03. The van der Waals surface area contributed by atoms with E-state index in [1.807, 2.05) is 37.1 Å². The molecule has 1 aliphatic heterocycles. The molecule has 1 atom stereocenters. The lowest BCUT2D eigenvalue weighted by molar-refractivity contribution is -0.144. The smallest absolute Gasteiger partial charge is 0.306 e. The molecule has 1 aromatic rings. The van der Waals surface area contributed by atoms with Crippen LogP contribution in [0.4, 0.5) is 0 Å². The fraction of sp³-hybridized carbons (Fsp3) is 0.625. The SMILES string of the molecule is COC(=O)CC(C)(C)CC(=O)N1CCCC1c1ccc[nH]1. The number of aromatic amines is 1. The van der Waals surface area contributed by atoms with Crippen LogP contribution in [0.5, 0.6) is 0 Å². The van der Waals surface area contributed by atoms with Gasteiger partial charge in [0.2, 0.25) is 5.91 Å². The second-order valence-electron chi connectivity index (χ2n) is 6.46. The number of carbonyl (C=O) groups is 2. The monoisotopic (exact) mass is 292 g/mol. The molecule has 1 aromatic heterocycles. The lowest BCUT2D eigenvalue weighted by Gasteiger charge is -2.29. The first-order valence-electron chi connectivity index (χ1n) is 7.42. The van der Waals surface area contributed by atoms with Gasteiger partial charge in [0.1, 0.15) is 0 Å². The van der Waals surface area contributed by atoms with Crippen molar-refractivity contribution in [1.29, 1.82) is 0 Å². The van der Waals surface area contributed by atoms with Crippen LogP contribution in [0, 0.1) is 5.41 Å². The van der Waals surface area contributed by atoms with Gasteiger partial charge in [-0.2, -0.15) is 0 Å². The van der Waals surface area contributed by atoms with Gasteiger partial charge in [-0.1, -0.05) is 13.8 Å². The number of nitrogens with one attached hydrogen (secondary N) is 1. The quantitative estimate of drug-likeness (QED) is 0.849. The summed E-state index contributed by atoms with van der Waals surface area (Å²) in [5.74, 6) is -0.156. The van der Waals surface area contributed by atoms with E-state index in [9.17, 15) is 9.59 Å². The van der Waals surface area contributed by atoms with Gasteiger partial charge in [0.05, 0.1) is 19.6 Å². The minimum atomic E-state index is -0.382. The number of hydrogen-bond donors (Lipinski definition) is 1. The van der Waals surface area contributed by atoms with Crippen molar-refractivity contribution in [3.05, 3.63) is 24.0 Å². The van der Waals surface area contributed by atoms with Gasteiger partial charge < -0.3 is 14.6 Å². The first kappa shape index (κ1) is 15.6. The molecule has 2 heterocycles. The van der Waals surface area contributed by atoms with E-state index in [1.54, 1.807) is 0 Å². The fourth-order valence-electron chi connectivity index (χ4n) is 2.98. The molecule has 1 amide bonds. The summed E-state index contributed by atoms with van der Waals surface area (Å²) in [5, 5.41) is 0. The Kier molecular flexibility index (Phi) is 4.70. The fourth-order valence-corrected chi connectivity index (χ4v) is 2.98. The van der Waals surface area contributed by atoms with Gasteiger partial charge in [-0.25, -0.2) is 0 Å². The number of methoxy groups -OCH3 is 1. The van der Waals surface area contributed by atoms with Gasteiger partial charge >= 0.3 is 5.97 Å². The molecule has 0 aliphatic carbocycles. The van der Waals surface area contributed by atoms with Crippen LogP contribution in [-0.2, 0) is 14.3 Å². The molecule has 1 aliphatic rings. The number of hydrogen-bond acceptors (Lipinski definition) is 3. The standard InChI is InChI=1S/C16H24N2O3/c1-16(2,11-15(20)21-3)10-14(19)18-9-5-7-13(18)12-6-4-8-17-12/h4,6,8,13,17H,5,7,9-11H2,1-3H3. The normalized spacial score (nSPS) is 18.8. The summed E-state index contributed by atoms with van der Waals surface area (Å²) in [7, 11) is 1.38. The largest absolute Gasteiger partial charge is 0.469 e. The van der Waals surface area contributed by atoms with Crippen molar-refractivity contribution in [1.82, 2.24) is 9.88 Å². The van der Waals surface area contributed by atoms with Crippen LogP contribution in [-0.4, -0.2) is 35.4 Å². The number of carbonyl (C=O) groups excluding carboxylic acids is 2. The predicted octanol–water partition coefficient (Wildman–Crippen LogP) is 2.66. The summed E-state index contributed by atoms with van der Waals surface area (Å²) in [6.07, 6.45) is 4.52. The molecule has 1 unspecified atom stereocenters. The number of nitrogens with zero attached hydrogens (tertiary/aromatic N) is 1. The second-order valence-corrected chi connectivity index (χ2v) is 6.46. The Morgan fingerprint density at radius 1 is 1.43 bits per heavy atom. The third kappa shape index (κ3) is 3.86. The molecular formula is C16H24N2O3. The highest BCUT2D eigenvalue weighted by Gasteiger charge is 2.34. The number of rotatable bonds is 5. The van der Waals surface area contributed by atoms with Crippen LogP contribution < -0.4 is 0 Å². The topological polar surface area (TPSA) is 62.4 Å². The zero-order valence-electron chi connectivity index (χ0n) is 13.0. The summed E-state index contributed by atoms with van der Waals surface area (Å²) >= 11 is 0. The number of esters is 1. The van der Waals surface area contributed by atoms with E-state index in [0.717, 1.165) is 25.1 Å². The average molecular weight is 292 g/mol. The number of aromatic nitrogens is 1. The molecule has 1 fully saturated rings. The molecule has 1 N–H and O–H groups in total. The molecule has 5 heteroatoms. The molecule has 1 saturated heterocycles. The highest BCUT2D eigenvalue weighted by Crippen LogP contribution is 2.34. The molecular weight excluding hydrogens is 268 g/mol. The first-order chi connectivity index (χ1) is 9.93. The van der Waals surface area contributed by atoms with E-state index in [0.29, 0.717) is 6.42 Å². The highest BCUT2D eigenvalue weighted by molar-refractivity contribution is 5.79. The van der Waals surface area contributed by atoms with Gasteiger partial charge in [0, 0.05) is 24.9 Å². The van der Waals surface area contributed by atoms with E-state index < -0.39 is 0 Å². The Bertz CT molecular complexity index is 494. The maximum atomic E-state index is 12.6. The number of amides is 1. The van der Waals surface area contributed by atoms with E-state index in [1.165, 1.54) is 7.11 Å². The number of ether oxygens (including phenoxy) is 1. The van der Waals surface area contributed by atoms with Crippen LogP contribution in [0.25, 0.3) is 0 Å². The summed E-state index contributed by atoms with van der Waals surface area (Å²) in [6.45, 7) is 4.65. The molecule has 0 aromatic carbocycles. The Balaban J connectivity index is 2.00. The van der Waals surface area contributed by atoms with E-state index in [2.05, 4.69) is 4.98 Å². The lowest BCUT2D eigenvalue weighted by atomic mass is 9.85. The zero-order valence-corrected chi connectivity index (χ0v) is 13.0. The second kappa shape index (κ2) is 6.33. The molecule has 0 spiro atoms. The molecule has 0 bridgehead atoms.